The van der Waals surface area contributed by atoms with Gasteiger partial charge in [-0.1, -0.05) is 23.9 Å². The van der Waals surface area contributed by atoms with E-state index in [1.54, 1.807) is 19.2 Å². The summed E-state index contributed by atoms with van der Waals surface area (Å²) in [5.41, 5.74) is 5.03. The molecule has 0 saturated heterocycles. The lowest BCUT2D eigenvalue weighted by molar-refractivity contribution is -0.115. The van der Waals surface area contributed by atoms with E-state index in [0.29, 0.717) is 17.4 Å². The normalized spacial score (nSPS) is 10.2. The molecule has 1 aromatic carbocycles. The molecule has 0 saturated carbocycles. The maximum atomic E-state index is 10.6. The van der Waals surface area contributed by atoms with Crippen molar-refractivity contribution in [1.82, 2.24) is 10.2 Å². The number of primary amides is 1. The molecule has 0 atom stereocenters. The van der Waals surface area contributed by atoms with Gasteiger partial charge in [-0.15, -0.1) is 10.2 Å². The zero-order chi connectivity index (χ0) is 14.4. The summed E-state index contributed by atoms with van der Waals surface area (Å²) in [6.45, 7) is 0.116. The van der Waals surface area contributed by atoms with Crippen molar-refractivity contribution in [2.45, 2.75) is 11.8 Å². The van der Waals surface area contributed by atoms with Crippen LogP contribution in [0.3, 0.4) is 0 Å². The molecule has 0 aliphatic heterocycles. The molecular weight excluding hydrogens is 282 g/mol. The minimum Gasteiger partial charge on any atom is -0.493 e. The first-order valence-electron chi connectivity index (χ1n) is 5.68. The van der Waals surface area contributed by atoms with Crippen molar-refractivity contribution >= 4 is 17.7 Å². The van der Waals surface area contributed by atoms with Crippen molar-refractivity contribution in [2.75, 3.05) is 12.9 Å². The van der Waals surface area contributed by atoms with Crippen molar-refractivity contribution in [3.05, 3.63) is 30.2 Å². The number of amides is 1. The molecule has 0 bridgehead atoms. The smallest absolute Gasteiger partial charge is 0.277 e. The van der Waals surface area contributed by atoms with Crippen LogP contribution in [-0.4, -0.2) is 29.0 Å². The summed E-state index contributed by atoms with van der Waals surface area (Å²) in [6.07, 6.45) is 0. The van der Waals surface area contributed by atoms with Crippen molar-refractivity contribution < 1.29 is 18.7 Å². The molecule has 1 amide bonds. The van der Waals surface area contributed by atoms with Crippen molar-refractivity contribution in [1.29, 1.82) is 0 Å². The lowest BCUT2D eigenvalue weighted by Crippen LogP contribution is -2.12. The highest BCUT2D eigenvalue weighted by atomic mass is 32.2. The first kappa shape index (κ1) is 14.2. The molecule has 1 heterocycles. The third-order valence-corrected chi connectivity index (χ3v) is 3.05. The molecule has 0 radical (unpaired) electrons. The van der Waals surface area contributed by atoms with Gasteiger partial charge in [-0.3, -0.25) is 4.79 Å². The van der Waals surface area contributed by atoms with Crippen LogP contribution in [0.4, 0.5) is 0 Å². The van der Waals surface area contributed by atoms with Gasteiger partial charge < -0.3 is 19.6 Å². The van der Waals surface area contributed by atoms with Gasteiger partial charge in [0.15, 0.2) is 18.1 Å². The second kappa shape index (κ2) is 6.80. The van der Waals surface area contributed by atoms with E-state index in [0.717, 1.165) is 11.8 Å². The number of nitrogens with two attached hydrogens (primary N) is 1. The van der Waals surface area contributed by atoms with Gasteiger partial charge >= 0.3 is 0 Å². The third-order valence-electron chi connectivity index (χ3n) is 2.21. The van der Waals surface area contributed by atoms with Crippen LogP contribution < -0.4 is 15.2 Å². The molecular formula is C12H13N3O4S. The number of benzene rings is 1. The molecule has 20 heavy (non-hydrogen) atoms. The Labute approximate surface area is 119 Å². The summed E-state index contributed by atoms with van der Waals surface area (Å²) in [6, 6.07) is 7.24. The number of carbonyl (C=O) groups excluding carboxylic acids is 1. The number of carbonyl (C=O) groups is 1. The minimum atomic E-state index is -0.444. The molecule has 2 N–H and O–H groups in total. The Morgan fingerprint density at radius 2 is 2.10 bits per heavy atom. The quantitative estimate of drug-likeness (QED) is 0.767. The number of hydrogen-bond donors (Lipinski definition) is 1. The van der Waals surface area contributed by atoms with Crippen LogP contribution in [0.25, 0.3) is 0 Å². The Morgan fingerprint density at radius 1 is 1.35 bits per heavy atom. The highest BCUT2D eigenvalue weighted by molar-refractivity contribution is 7.99. The van der Waals surface area contributed by atoms with E-state index in [9.17, 15) is 4.79 Å². The van der Waals surface area contributed by atoms with Gasteiger partial charge in [-0.05, 0) is 12.1 Å². The molecule has 2 rings (SSSR count). The Kier molecular flexibility index (Phi) is 4.83. The number of aromatic nitrogens is 2. The second-order valence-corrected chi connectivity index (χ2v) is 4.58. The molecule has 0 unspecified atom stereocenters. The summed E-state index contributed by atoms with van der Waals surface area (Å²) in [7, 11) is 1.56. The summed E-state index contributed by atoms with van der Waals surface area (Å²) in [5.74, 6) is 1.16. The zero-order valence-electron chi connectivity index (χ0n) is 10.7. The fraction of sp³-hybridized carbons (Fsp3) is 0.250. The minimum absolute atomic E-state index is 0.0923. The van der Waals surface area contributed by atoms with Crippen molar-refractivity contribution in [3.8, 4) is 11.5 Å². The van der Waals surface area contributed by atoms with Crippen LogP contribution >= 0.6 is 11.8 Å². The van der Waals surface area contributed by atoms with Gasteiger partial charge in [0.2, 0.25) is 5.91 Å². The lowest BCUT2D eigenvalue weighted by atomic mass is 10.3. The predicted molar refractivity (Wildman–Crippen MR) is 71.5 cm³/mol. The fourth-order valence-electron chi connectivity index (χ4n) is 1.37. The van der Waals surface area contributed by atoms with Crippen LogP contribution in [0.2, 0.25) is 0 Å². The van der Waals surface area contributed by atoms with Gasteiger partial charge in [0.05, 0.1) is 12.9 Å². The highest BCUT2D eigenvalue weighted by Gasteiger charge is 2.10. The van der Waals surface area contributed by atoms with E-state index >= 15 is 0 Å². The predicted octanol–water partition coefficient (Wildman–Crippen LogP) is 1.23. The molecule has 0 aliphatic carbocycles. The Hall–Kier alpha value is -2.22. The third kappa shape index (κ3) is 3.89. The van der Waals surface area contributed by atoms with Gasteiger partial charge in [0.25, 0.3) is 11.1 Å². The molecule has 7 nitrogen and oxygen atoms in total. The maximum absolute atomic E-state index is 10.6. The standard InChI is InChI=1S/C12H13N3O4S/c1-17-8-4-2-3-5-9(8)18-6-11-14-15-12(19-11)20-7-10(13)16/h2-5H,6-7H2,1H3,(H2,13,16). The number of ether oxygens (including phenoxy) is 2. The van der Waals surface area contributed by atoms with E-state index in [4.69, 9.17) is 19.6 Å². The van der Waals surface area contributed by atoms with E-state index in [1.165, 1.54) is 0 Å². The van der Waals surface area contributed by atoms with Crippen LogP contribution in [0.5, 0.6) is 11.5 Å². The van der Waals surface area contributed by atoms with E-state index in [-0.39, 0.29) is 17.6 Å². The van der Waals surface area contributed by atoms with Gasteiger partial charge in [0.1, 0.15) is 0 Å². The van der Waals surface area contributed by atoms with Gasteiger partial charge in [0, 0.05) is 0 Å². The van der Waals surface area contributed by atoms with Crippen LogP contribution in [0.15, 0.2) is 33.9 Å². The molecule has 2 aromatic rings. The highest BCUT2D eigenvalue weighted by Crippen LogP contribution is 2.26. The molecule has 0 spiro atoms. The number of thioether (sulfide) groups is 1. The fourth-order valence-corrected chi connectivity index (χ4v) is 1.88. The second-order valence-electron chi connectivity index (χ2n) is 3.66. The Morgan fingerprint density at radius 3 is 2.80 bits per heavy atom. The van der Waals surface area contributed by atoms with Crippen LogP contribution in [0.1, 0.15) is 5.89 Å². The van der Waals surface area contributed by atoms with E-state index in [1.807, 2.05) is 12.1 Å². The Balaban J connectivity index is 1.92. The maximum Gasteiger partial charge on any atom is 0.277 e. The summed E-state index contributed by atoms with van der Waals surface area (Å²) in [5, 5.41) is 7.86. The molecule has 0 fully saturated rings. The first-order valence-corrected chi connectivity index (χ1v) is 6.67. The largest absolute Gasteiger partial charge is 0.493 e. The topological polar surface area (TPSA) is 100 Å². The van der Waals surface area contributed by atoms with E-state index in [2.05, 4.69) is 10.2 Å². The van der Waals surface area contributed by atoms with Gasteiger partial charge in [-0.25, -0.2) is 0 Å². The molecule has 0 aliphatic rings. The number of rotatable bonds is 7. The first-order chi connectivity index (χ1) is 9.69. The average Bonchev–Trinajstić information content (AvgIpc) is 2.91. The van der Waals surface area contributed by atoms with Gasteiger partial charge in [-0.2, -0.15) is 0 Å². The van der Waals surface area contributed by atoms with E-state index < -0.39 is 5.91 Å². The molecule has 1 aromatic heterocycles. The Bertz CT molecular complexity index is 588. The summed E-state index contributed by atoms with van der Waals surface area (Å²) < 4.78 is 16.0. The lowest BCUT2D eigenvalue weighted by Gasteiger charge is -2.07. The van der Waals surface area contributed by atoms with Crippen molar-refractivity contribution in [3.63, 3.8) is 0 Å². The monoisotopic (exact) mass is 295 g/mol. The zero-order valence-corrected chi connectivity index (χ0v) is 11.6. The number of nitrogens with zero attached hydrogens (tertiary/aromatic N) is 2. The number of methoxy groups -OCH3 is 1. The number of para-hydroxylation sites is 2. The number of hydrogen-bond acceptors (Lipinski definition) is 7. The van der Waals surface area contributed by atoms with Crippen LogP contribution in [-0.2, 0) is 11.4 Å². The molecule has 106 valence electrons. The summed E-state index contributed by atoms with van der Waals surface area (Å²) in [4.78, 5) is 10.6. The van der Waals surface area contributed by atoms with Crippen molar-refractivity contribution in [2.24, 2.45) is 5.73 Å². The SMILES string of the molecule is COc1ccccc1OCc1nnc(SCC(N)=O)o1. The van der Waals surface area contributed by atoms with Crippen LogP contribution in [0, 0.1) is 0 Å². The average molecular weight is 295 g/mol. The summed E-state index contributed by atoms with van der Waals surface area (Å²) >= 11 is 1.08. The molecule has 8 heteroatoms.